The van der Waals surface area contributed by atoms with Crippen molar-refractivity contribution in [3.05, 3.63) is 319 Å². The Morgan fingerprint density at radius 1 is 0.434 bits per heavy atom. The predicted molar refractivity (Wildman–Crippen MR) is 545 cm³/mol. The Morgan fingerprint density at radius 3 is 1.03 bits per heavy atom. The molecular formula is C94H117Br10I5N3Na3O7. The standard InChI is InChI=1S/C16H23NO3.C11H15NO.C8H6Br4.C8H7Br3.C8H6Br2.C8H7Br.C8H6I2.C8H17NO3.C8H8.C8H10.3CH4.3HI.3Na/c1-16(2,3)20-15(18)17-9-6-10-19-14-11-12-7-4-5-8-13(12)14;12-6-3-7-13-11-8-9-4-1-2-5-10(9)11;9-7(10)5-3-1-2-4-6(5)8(11)12;9-5-6-3-1-2-4-7(6)8(10)11;9-7-5-3-1-2-4-6(5)8(7)10;9-8-5-6-3-1-2-4-7(6)8;9-7-5-3-1-2-4-6(5)8(7)10;1-8(2,3)12-7(11)9-5-4-6-10;1-2-4-8-6-5-7(8)3-1;1-7-5-3-4-6-8(7)2;;;;;;;;;/h4-5,7-8,14H,6,9-11H2,1-3H3,(H,17,18);1-2,4-5,11H,3,6-8,12H2;1-4,7-8H;1-4,8H,5H2;1-4,7-8H;1-4,8H,5H2;1-4,7-8H;10H,4-6H2,1-3H3,(H,9,11);1-4H,5-6H2;3-6H,1-2H3;3*1H4;3*1H;;;/q;;;;;;;;;;;;;;;;3*+1/p-3. The van der Waals surface area contributed by atoms with E-state index in [1.165, 1.54) is 108 Å². The van der Waals surface area contributed by atoms with Gasteiger partial charge >= 0.3 is 101 Å². The molecule has 5 N–H and O–H groups in total. The van der Waals surface area contributed by atoms with E-state index in [1.54, 1.807) is 31.9 Å². The Balaban J connectivity index is -0.000000635. The maximum Gasteiger partial charge on any atom is 1.00 e. The van der Waals surface area contributed by atoms with Crippen molar-refractivity contribution in [2.75, 3.05) is 39.5 Å². The van der Waals surface area contributed by atoms with Crippen LogP contribution in [0.5, 0.6) is 0 Å². The van der Waals surface area contributed by atoms with E-state index in [4.69, 9.17) is 29.8 Å². The second-order valence-corrected chi connectivity index (χ2v) is 44.4. The normalized spacial score (nSPS) is 16.0. The van der Waals surface area contributed by atoms with E-state index in [0.29, 0.717) is 53.2 Å². The fourth-order valence-corrected chi connectivity index (χ4v) is 18.8. The van der Waals surface area contributed by atoms with E-state index in [-0.39, 0.29) is 213 Å². The fraction of sp³-hybridized carbons (Fsp3) is 0.404. The number of aryl methyl sites for hydroxylation is 4. The zero-order chi connectivity index (χ0) is 82.6. The monoisotopic (exact) mass is 2890 g/mol. The molecule has 7 atom stereocenters. The number of carbonyl (C=O) groups is 2. The summed E-state index contributed by atoms with van der Waals surface area (Å²) in [4.78, 5) is 24.0. The number of benzene rings is 9. The van der Waals surface area contributed by atoms with E-state index in [9.17, 15) is 9.59 Å². The van der Waals surface area contributed by atoms with Gasteiger partial charge in [-0.2, -0.15) is 0 Å². The second kappa shape index (κ2) is 71.3. The number of halogens is 15. The van der Waals surface area contributed by atoms with Crippen LogP contribution in [0, 0.1) is 13.8 Å². The molecule has 6 aliphatic rings. The molecule has 7 unspecified atom stereocenters. The molecule has 0 heterocycles. The molecular weight excluding hydrogens is 2790 g/mol. The van der Waals surface area contributed by atoms with Gasteiger partial charge in [-0.25, -0.2) is 9.59 Å². The van der Waals surface area contributed by atoms with E-state index in [2.05, 4.69) is 417 Å². The van der Waals surface area contributed by atoms with Crippen molar-refractivity contribution >= 4 is 217 Å². The largest absolute Gasteiger partial charge is 1.00 e. The summed E-state index contributed by atoms with van der Waals surface area (Å²) in [6.07, 6.45) is 7.94. The number of aliphatic hydroxyl groups excluding tert-OH is 1. The smallest absolute Gasteiger partial charge is 1.00 e. The molecule has 0 fully saturated rings. The van der Waals surface area contributed by atoms with Crippen LogP contribution in [-0.2, 0) is 56.4 Å². The summed E-state index contributed by atoms with van der Waals surface area (Å²) in [5.41, 5.74) is 29.7. The topological polar surface area (TPSA) is 141 Å². The summed E-state index contributed by atoms with van der Waals surface area (Å²) in [7, 11) is 0. The fourth-order valence-electron chi connectivity index (χ4n) is 11.7. The quantitative estimate of drug-likeness (QED) is 0.0324. The molecule has 0 aromatic heterocycles. The molecule has 10 nitrogen and oxygen atoms in total. The van der Waals surface area contributed by atoms with Crippen molar-refractivity contribution in [2.24, 2.45) is 5.73 Å². The minimum atomic E-state index is -0.455. The van der Waals surface area contributed by atoms with Crippen molar-refractivity contribution < 1.29 is 194 Å². The number of fused-ring (bicyclic) bond motifs is 6. The predicted octanol–water partition coefficient (Wildman–Crippen LogP) is 13.3. The van der Waals surface area contributed by atoms with Crippen LogP contribution in [0.1, 0.15) is 229 Å². The average Bonchev–Trinajstić information content (AvgIpc) is 0.793. The van der Waals surface area contributed by atoms with Gasteiger partial charge in [-0.1, -0.05) is 445 Å². The molecule has 0 radical (unpaired) electrons. The van der Waals surface area contributed by atoms with Crippen molar-refractivity contribution in [3.8, 4) is 0 Å². The third-order valence-electron chi connectivity index (χ3n) is 18.2. The molecule has 0 saturated carbocycles. The number of hydrogen-bond acceptors (Lipinski definition) is 8. The van der Waals surface area contributed by atoms with Crippen LogP contribution < -0.4 is 177 Å². The van der Waals surface area contributed by atoms with Crippen LogP contribution in [-0.4, -0.2) is 68.0 Å². The Bertz CT molecular complexity index is 4140. The number of amides is 2. The van der Waals surface area contributed by atoms with Crippen LogP contribution in [0.15, 0.2) is 218 Å². The van der Waals surface area contributed by atoms with Gasteiger partial charge in [-0.15, -0.1) is 0 Å². The summed E-state index contributed by atoms with van der Waals surface area (Å²) >= 11 is 40.0. The first kappa shape index (κ1) is 131. The molecule has 2 amide bonds. The van der Waals surface area contributed by atoms with Gasteiger partial charge in [-0.05, 0) is 201 Å². The van der Waals surface area contributed by atoms with E-state index in [0.717, 1.165) is 45.5 Å². The zero-order valence-corrected chi connectivity index (χ0v) is 102. The number of alkyl carbamates (subject to hydrolysis) is 2. The van der Waals surface area contributed by atoms with Gasteiger partial charge in [0.1, 0.15) is 11.2 Å². The number of hydrogen-bond donors (Lipinski definition) is 4. The Morgan fingerprint density at radius 2 is 0.738 bits per heavy atom. The van der Waals surface area contributed by atoms with Gasteiger partial charge in [0.05, 0.1) is 40.9 Å². The molecule has 28 heteroatoms. The van der Waals surface area contributed by atoms with E-state index >= 15 is 0 Å². The molecule has 6 aliphatic carbocycles. The van der Waals surface area contributed by atoms with Crippen LogP contribution in [0.2, 0.25) is 0 Å². The van der Waals surface area contributed by atoms with Crippen molar-refractivity contribution in [1.82, 2.24) is 10.6 Å². The summed E-state index contributed by atoms with van der Waals surface area (Å²) in [5.74, 6) is 0. The Kier molecular flexibility index (Phi) is 76.6. The third kappa shape index (κ3) is 47.0. The minimum absolute atomic E-state index is 0. The van der Waals surface area contributed by atoms with Gasteiger partial charge in [0, 0.05) is 55.9 Å². The van der Waals surface area contributed by atoms with E-state index in [1.807, 2.05) is 51.1 Å². The SMILES string of the molecule is BrC(Br)c1ccccc1C(Br)Br.BrC1Cc2ccccc21.BrC1c2ccccc2C1Br.BrCc1ccccc1C(Br)Br.C.C.C.CC(C)(C)OC(=O)NCCCO.CC(C)(C)OC(=O)NCCCOC1Cc2ccccc21.Cc1ccccc1C.IC1c2ccccc2C1I.NCCCOC1Cc2ccccc21.[I-].[I-].[I-].[Na+].[Na+].[Na+].c1ccc2c(c1)CC2. The third-order valence-corrected chi connectivity index (χ3v) is 29.5. The first-order valence-electron chi connectivity index (χ1n) is 37.7. The number of ether oxygens (including phenoxy) is 4. The number of aliphatic hydroxyl groups is 1. The summed E-state index contributed by atoms with van der Waals surface area (Å²) in [6, 6.07) is 76.0. The number of alkyl halides is 12. The molecule has 0 saturated heterocycles. The summed E-state index contributed by atoms with van der Waals surface area (Å²) in [6.45, 7) is 18.5. The molecule has 15 rings (SSSR count). The van der Waals surface area contributed by atoms with Crippen molar-refractivity contribution in [3.63, 3.8) is 0 Å². The van der Waals surface area contributed by atoms with Crippen LogP contribution in [0.3, 0.4) is 0 Å². The first-order valence-corrected chi connectivity index (χ1v) is 49.6. The van der Waals surface area contributed by atoms with Gasteiger partial charge in [-0.3, -0.25) is 0 Å². The maximum atomic E-state index is 11.4. The van der Waals surface area contributed by atoms with Crippen LogP contribution >= 0.6 is 204 Å². The number of nitrogens with two attached hydrogens (primary N) is 1. The Hall–Kier alpha value is 2.81. The van der Waals surface area contributed by atoms with Gasteiger partial charge in [0.15, 0.2) is 0 Å². The van der Waals surface area contributed by atoms with Crippen LogP contribution in [0.4, 0.5) is 9.59 Å². The van der Waals surface area contributed by atoms with Gasteiger partial charge in [0.25, 0.3) is 0 Å². The number of carbonyl (C=O) groups excluding carboxylic acids is 2. The van der Waals surface area contributed by atoms with Crippen molar-refractivity contribution in [1.29, 1.82) is 0 Å². The summed E-state index contributed by atoms with van der Waals surface area (Å²) < 4.78 is 23.7. The zero-order valence-electron chi connectivity index (χ0n) is 69.3. The van der Waals surface area contributed by atoms with Gasteiger partial charge in [0.2, 0.25) is 0 Å². The molecule has 9 aromatic carbocycles. The molecule has 658 valence electrons. The second-order valence-electron chi connectivity index (χ2n) is 28.9. The summed E-state index contributed by atoms with van der Waals surface area (Å²) in [5, 5.41) is 14.6. The molecule has 0 spiro atoms. The van der Waals surface area contributed by atoms with E-state index < -0.39 is 17.3 Å². The first-order chi connectivity index (χ1) is 54.0. The van der Waals surface area contributed by atoms with Crippen LogP contribution in [0.25, 0.3) is 0 Å². The molecule has 9 aromatic rings. The maximum absolute atomic E-state index is 11.4. The number of rotatable bonds is 16. The Labute approximate surface area is 960 Å². The number of nitrogens with one attached hydrogen (secondary N) is 2. The molecule has 122 heavy (non-hydrogen) atoms. The molecule has 0 bridgehead atoms. The molecule has 0 aliphatic heterocycles. The minimum Gasteiger partial charge on any atom is -1.00 e. The van der Waals surface area contributed by atoms with Gasteiger partial charge < -0.3 is 112 Å². The average molecular weight is 2900 g/mol. The van der Waals surface area contributed by atoms with Crippen molar-refractivity contribution in [2.45, 2.75) is 191 Å².